The van der Waals surface area contributed by atoms with Crippen molar-refractivity contribution in [2.75, 3.05) is 5.32 Å². The van der Waals surface area contributed by atoms with Gasteiger partial charge in [-0.3, -0.25) is 4.79 Å². The highest BCUT2D eigenvalue weighted by Gasteiger charge is 2.11. The molecule has 0 atom stereocenters. The van der Waals surface area contributed by atoms with Crippen LogP contribution >= 0.6 is 11.6 Å². The molecule has 4 nitrogen and oxygen atoms in total. The first-order chi connectivity index (χ1) is 9.90. The normalized spacial score (nSPS) is 11.0. The molecule has 0 radical (unpaired) electrons. The summed E-state index contributed by atoms with van der Waals surface area (Å²) in [5.74, 6) is -1.83. The summed E-state index contributed by atoms with van der Waals surface area (Å²) < 4.78 is 27.2. The fourth-order valence-electron chi connectivity index (χ4n) is 1.78. The van der Waals surface area contributed by atoms with E-state index >= 15 is 0 Å². The molecule has 1 aromatic heterocycles. The third-order valence-electron chi connectivity index (χ3n) is 2.90. The van der Waals surface area contributed by atoms with E-state index in [1.807, 2.05) is 13.8 Å². The molecule has 0 unspecified atom stereocenters. The third kappa shape index (κ3) is 3.39. The number of nitrogens with one attached hydrogen (secondary N) is 1. The van der Waals surface area contributed by atoms with Crippen LogP contribution in [0.2, 0.25) is 5.02 Å². The van der Waals surface area contributed by atoms with E-state index in [-0.39, 0.29) is 17.6 Å². The van der Waals surface area contributed by atoms with Crippen molar-refractivity contribution in [3.05, 3.63) is 57.0 Å². The molecule has 1 N–H and O–H groups in total. The summed E-state index contributed by atoms with van der Waals surface area (Å²) in [7, 11) is 0. The Balaban J connectivity index is 2.19. The van der Waals surface area contributed by atoms with Crippen molar-refractivity contribution >= 4 is 17.3 Å². The predicted octanol–water partition coefficient (Wildman–Crippen LogP) is 3.37. The van der Waals surface area contributed by atoms with Crippen molar-refractivity contribution in [3.8, 4) is 0 Å². The summed E-state index contributed by atoms with van der Waals surface area (Å²) in [6.45, 7) is 3.84. The molecule has 7 heteroatoms. The number of benzene rings is 1. The smallest absolute Gasteiger partial charge is 0.287 e. The number of anilines is 1. The van der Waals surface area contributed by atoms with Crippen molar-refractivity contribution in [1.29, 1.82) is 0 Å². The third-order valence-corrected chi connectivity index (χ3v) is 3.26. The van der Waals surface area contributed by atoms with E-state index in [0.29, 0.717) is 11.3 Å². The van der Waals surface area contributed by atoms with E-state index in [9.17, 15) is 13.6 Å². The van der Waals surface area contributed by atoms with Crippen molar-refractivity contribution in [2.45, 2.75) is 26.4 Å². The highest BCUT2D eigenvalue weighted by atomic mass is 35.5. The van der Waals surface area contributed by atoms with Crippen LogP contribution in [0.4, 0.5) is 14.5 Å². The van der Waals surface area contributed by atoms with Gasteiger partial charge in [-0.05, 0) is 31.5 Å². The zero-order valence-electron chi connectivity index (χ0n) is 11.5. The van der Waals surface area contributed by atoms with Crippen LogP contribution in [0, 0.1) is 11.6 Å². The molecular formula is C14H14ClF2N3O. The number of hydrogen-bond acceptors (Lipinski definition) is 3. The standard InChI is InChI=1S/C14H14ClF2N3O/c1-8(2)20-14(21)13(15)12(7-19-20)18-6-9-3-4-10(16)11(17)5-9/h3-5,7-8,18H,6H2,1-2H3. The minimum absolute atomic E-state index is 0.0151. The fraction of sp³-hybridized carbons (Fsp3) is 0.286. The first-order valence-corrected chi connectivity index (χ1v) is 6.73. The zero-order chi connectivity index (χ0) is 15.6. The van der Waals surface area contributed by atoms with Crippen LogP contribution in [0.3, 0.4) is 0 Å². The molecule has 0 aliphatic carbocycles. The van der Waals surface area contributed by atoms with Gasteiger partial charge in [-0.15, -0.1) is 0 Å². The summed E-state index contributed by atoms with van der Waals surface area (Å²) in [5, 5.41) is 6.91. The van der Waals surface area contributed by atoms with E-state index in [0.717, 1.165) is 12.1 Å². The average Bonchev–Trinajstić information content (AvgIpc) is 2.43. The summed E-state index contributed by atoms with van der Waals surface area (Å²) in [6.07, 6.45) is 1.43. The van der Waals surface area contributed by atoms with Crippen LogP contribution in [-0.4, -0.2) is 9.78 Å². The second-order valence-electron chi connectivity index (χ2n) is 4.82. The summed E-state index contributed by atoms with van der Waals surface area (Å²) in [4.78, 5) is 12.0. The van der Waals surface area contributed by atoms with Gasteiger partial charge in [-0.1, -0.05) is 17.7 Å². The molecule has 112 valence electrons. The molecule has 1 heterocycles. The largest absolute Gasteiger partial charge is 0.378 e. The summed E-state index contributed by atoms with van der Waals surface area (Å²) in [6, 6.07) is 3.47. The van der Waals surface area contributed by atoms with Crippen LogP contribution in [-0.2, 0) is 6.54 Å². The molecule has 0 bridgehead atoms. The lowest BCUT2D eigenvalue weighted by Crippen LogP contribution is -2.25. The number of hydrogen-bond donors (Lipinski definition) is 1. The second-order valence-corrected chi connectivity index (χ2v) is 5.20. The summed E-state index contributed by atoms with van der Waals surface area (Å²) in [5.41, 5.74) is 0.475. The highest BCUT2D eigenvalue weighted by molar-refractivity contribution is 6.32. The van der Waals surface area contributed by atoms with Gasteiger partial charge in [0.25, 0.3) is 5.56 Å². The summed E-state index contributed by atoms with van der Waals surface area (Å²) >= 11 is 6.00. The quantitative estimate of drug-likeness (QED) is 0.941. The SMILES string of the molecule is CC(C)n1ncc(NCc2ccc(F)c(F)c2)c(Cl)c1=O. The van der Waals surface area contributed by atoms with E-state index in [1.165, 1.54) is 16.9 Å². The van der Waals surface area contributed by atoms with Crippen molar-refractivity contribution < 1.29 is 8.78 Å². The molecule has 0 saturated heterocycles. The Labute approximate surface area is 125 Å². The van der Waals surface area contributed by atoms with Gasteiger partial charge < -0.3 is 5.32 Å². The lowest BCUT2D eigenvalue weighted by molar-refractivity contribution is 0.503. The number of halogens is 3. The van der Waals surface area contributed by atoms with Crippen molar-refractivity contribution in [3.63, 3.8) is 0 Å². The van der Waals surface area contributed by atoms with E-state index in [1.54, 1.807) is 0 Å². The van der Waals surface area contributed by atoms with Gasteiger partial charge in [0.2, 0.25) is 0 Å². The second kappa shape index (κ2) is 6.22. The fourth-order valence-corrected chi connectivity index (χ4v) is 1.98. The Morgan fingerprint density at radius 3 is 2.67 bits per heavy atom. The molecule has 0 aliphatic rings. The van der Waals surface area contributed by atoms with Crippen LogP contribution in [0.1, 0.15) is 25.5 Å². The monoisotopic (exact) mass is 313 g/mol. The van der Waals surface area contributed by atoms with E-state index < -0.39 is 17.2 Å². The maximum atomic E-state index is 13.1. The Bertz CT molecular complexity index is 716. The van der Waals surface area contributed by atoms with E-state index in [2.05, 4.69) is 10.4 Å². The predicted molar refractivity (Wildman–Crippen MR) is 77.6 cm³/mol. The van der Waals surface area contributed by atoms with Gasteiger partial charge in [0.15, 0.2) is 11.6 Å². The maximum absolute atomic E-state index is 13.1. The Hall–Kier alpha value is -1.95. The average molecular weight is 314 g/mol. The molecular weight excluding hydrogens is 300 g/mol. The van der Waals surface area contributed by atoms with E-state index in [4.69, 9.17) is 11.6 Å². The van der Waals surface area contributed by atoms with Crippen molar-refractivity contribution in [2.24, 2.45) is 0 Å². The lowest BCUT2D eigenvalue weighted by atomic mass is 10.2. The molecule has 0 saturated carbocycles. The molecule has 2 aromatic rings. The molecule has 0 aliphatic heterocycles. The molecule has 0 spiro atoms. The van der Waals surface area contributed by atoms with Gasteiger partial charge in [-0.25, -0.2) is 13.5 Å². The molecule has 2 rings (SSSR count). The highest BCUT2D eigenvalue weighted by Crippen LogP contribution is 2.18. The first-order valence-electron chi connectivity index (χ1n) is 6.35. The Kier molecular flexibility index (Phi) is 4.57. The maximum Gasteiger partial charge on any atom is 0.287 e. The molecule has 0 amide bonds. The van der Waals surface area contributed by atoms with Crippen LogP contribution < -0.4 is 10.9 Å². The number of aromatic nitrogens is 2. The Morgan fingerprint density at radius 2 is 2.05 bits per heavy atom. The number of rotatable bonds is 4. The minimum atomic E-state index is -0.922. The van der Waals surface area contributed by atoms with Crippen LogP contribution in [0.15, 0.2) is 29.2 Å². The molecule has 0 fully saturated rings. The lowest BCUT2D eigenvalue weighted by Gasteiger charge is -2.12. The van der Waals surface area contributed by atoms with Gasteiger partial charge >= 0.3 is 0 Å². The van der Waals surface area contributed by atoms with Crippen LogP contribution in [0.25, 0.3) is 0 Å². The molecule has 1 aromatic carbocycles. The topological polar surface area (TPSA) is 46.9 Å². The first kappa shape index (κ1) is 15.4. The van der Waals surface area contributed by atoms with Gasteiger partial charge in [0.05, 0.1) is 17.9 Å². The van der Waals surface area contributed by atoms with Gasteiger partial charge in [0, 0.05) is 6.54 Å². The van der Waals surface area contributed by atoms with Gasteiger partial charge in [0.1, 0.15) is 5.02 Å². The van der Waals surface area contributed by atoms with Crippen LogP contribution in [0.5, 0.6) is 0 Å². The van der Waals surface area contributed by atoms with Gasteiger partial charge in [-0.2, -0.15) is 5.10 Å². The molecule has 21 heavy (non-hydrogen) atoms. The number of nitrogens with zero attached hydrogens (tertiary/aromatic N) is 2. The zero-order valence-corrected chi connectivity index (χ0v) is 12.3. The Morgan fingerprint density at radius 1 is 1.33 bits per heavy atom. The van der Waals surface area contributed by atoms with Crippen molar-refractivity contribution in [1.82, 2.24) is 9.78 Å². The minimum Gasteiger partial charge on any atom is -0.378 e.